The van der Waals surface area contributed by atoms with Crippen molar-refractivity contribution in [1.29, 1.82) is 0 Å². The molecule has 1 saturated heterocycles. The van der Waals surface area contributed by atoms with E-state index in [4.69, 9.17) is 9.72 Å². The van der Waals surface area contributed by atoms with Crippen LogP contribution in [0, 0.1) is 6.92 Å². The Hall–Kier alpha value is -2.20. The van der Waals surface area contributed by atoms with Crippen molar-refractivity contribution in [3.05, 3.63) is 47.4 Å². The Morgan fingerprint density at radius 3 is 2.83 bits per heavy atom. The minimum Gasteiger partial charge on any atom is -0.378 e. The lowest BCUT2D eigenvalue weighted by Crippen LogP contribution is -2.37. The molecule has 0 saturated carbocycles. The molecule has 0 aromatic carbocycles. The van der Waals surface area contributed by atoms with Crippen molar-refractivity contribution < 1.29 is 4.74 Å². The number of hydrogen-bond acceptors (Lipinski definition) is 4. The third-order valence-electron chi connectivity index (χ3n) is 4.98. The van der Waals surface area contributed by atoms with Crippen LogP contribution >= 0.6 is 0 Å². The molecule has 1 fully saturated rings. The molecule has 3 heterocycles. The number of aryl methyl sites for hydroxylation is 1. The van der Waals surface area contributed by atoms with Crippen molar-refractivity contribution in [1.82, 2.24) is 9.97 Å². The average Bonchev–Trinajstić information content (AvgIpc) is 2.63. The highest BCUT2D eigenvalue weighted by Gasteiger charge is 2.23. The third kappa shape index (κ3) is 2.71. The number of morpholine rings is 1. The van der Waals surface area contributed by atoms with Crippen LogP contribution in [0.1, 0.15) is 36.1 Å². The number of rotatable bonds is 2. The molecule has 1 unspecified atom stereocenters. The Kier molecular flexibility index (Phi) is 4.07. The van der Waals surface area contributed by atoms with Gasteiger partial charge in [0.2, 0.25) is 0 Å². The molecule has 0 amide bonds. The second-order valence-electron chi connectivity index (χ2n) is 6.66. The van der Waals surface area contributed by atoms with Gasteiger partial charge >= 0.3 is 0 Å². The van der Waals surface area contributed by atoms with E-state index in [2.05, 4.69) is 48.0 Å². The molecule has 1 aliphatic carbocycles. The van der Waals surface area contributed by atoms with Crippen LogP contribution in [0.3, 0.4) is 0 Å². The van der Waals surface area contributed by atoms with Crippen molar-refractivity contribution in [3.8, 4) is 11.1 Å². The fourth-order valence-corrected chi connectivity index (χ4v) is 3.54. The van der Waals surface area contributed by atoms with Crippen LogP contribution in [0.5, 0.6) is 0 Å². The van der Waals surface area contributed by atoms with Gasteiger partial charge in [-0.3, -0.25) is 4.98 Å². The summed E-state index contributed by atoms with van der Waals surface area (Å²) in [5.74, 6) is 1.51. The van der Waals surface area contributed by atoms with Crippen molar-refractivity contribution >= 4 is 11.9 Å². The normalized spacial score (nSPS) is 20.1. The second-order valence-corrected chi connectivity index (χ2v) is 6.66. The molecular weight excluding hydrogens is 298 g/mol. The van der Waals surface area contributed by atoms with Gasteiger partial charge in [-0.15, -0.1) is 0 Å². The molecular formula is C20H23N3O. The number of fused-ring (bicyclic) bond motifs is 1. The van der Waals surface area contributed by atoms with Gasteiger partial charge in [0.25, 0.3) is 0 Å². The van der Waals surface area contributed by atoms with Gasteiger partial charge in [0, 0.05) is 42.5 Å². The van der Waals surface area contributed by atoms with Gasteiger partial charge in [-0.1, -0.05) is 19.1 Å². The number of aromatic nitrogens is 2. The van der Waals surface area contributed by atoms with Gasteiger partial charge in [0.05, 0.1) is 18.9 Å². The summed E-state index contributed by atoms with van der Waals surface area (Å²) in [6, 6.07) is 4.31. The Bertz CT molecular complexity index is 778. The van der Waals surface area contributed by atoms with Crippen LogP contribution in [0.4, 0.5) is 5.82 Å². The lowest BCUT2D eigenvalue weighted by Gasteiger charge is -2.30. The third-order valence-corrected chi connectivity index (χ3v) is 4.98. The summed E-state index contributed by atoms with van der Waals surface area (Å²) in [5, 5.41) is 0. The molecule has 0 spiro atoms. The first-order valence-corrected chi connectivity index (χ1v) is 8.69. The van der Waals surface area contributed by atoms with E-state index in [-0.39, 0.29) is 0 Å². The van der Waals surface area contributed by atoms with Crippen molar-refractivity contribution in [2.45, 2.75) is 26.2 Å². The molecule has 0 bridgehead atoms. The number of allylic oxidation sites excluding steroid dienone is 1. The maximum absolute atomic E-state index is 5.50. The van der Waals surface area contributed by atoms with E-state index in [1.807, 2.05) is 12.4 Å². The molecule has 2 aromatic heterocycles. The SMILES string of the molecule is Cc1ccncc1-c1cc(N2CCOCC2)nc2c1C=CCC2C. The van der Waals surface area contributed by atoms with Crippen LogP contribution < -0.4 is 4.90 Å². The van der Waals surface area contributed by atoms with Gasteiger partial charge in [-0.05, 0) is 36.6 Å². The van der Waals surface area contributed by atoms with Crippen molar-refractivity contribution in [2.24, 2.45) is 0 Å². The largest absolute Gasteiger partial charge is 0.378 e. The first-order chi connectivity index (χ1) is 11.7. The minimum absolute atomic E-state index is 0.446. The van der Waals surface area contributed by atoms with Gasteiger partial charge in [0.1, 0.15) is 5.82 Å². The predicted molar refractivity (Wildman–Crippen MR) is 97.3 cm³/mol. The highest BCUT2D eigenvalue weighted by molar-refractivity contribution is 5.81. The Morgan fingerprint density at radius 1 is 1.21 bits per heavy atom. The number of pyridine rings is 2. The molecule has 1 aliphatic heterocycles. The maximum atomic E-state index is 5.50. The summed E-state index contributed by atoms with van der Waals surface area (Å²) < 4.78 is 5.50. The second kappa shape index (κ2) is 6.36. The van der Waals surface area contributed by atoms with Crippen LogP contribution in [0.15, 0.2) is 30.6 Å². The molecule has 2 aromatic rings. The molecule has 1 atom stereocenters. The molecule has 0 radical (unpaired) electrons. The van der Waals surface area contributed by atoms with Crippen molar-refractivity contribution in [2.75, 3.05) is 31.2 Å². The molecule has 4 rings (SSSR count). The zero-order chi connectivity index (χ0) is 16.5. The zero-order valence-electron chi connectivity index (χ0n) is 14.3. The highest BCUT2D eigenvalue weighted by atomic mass is 16.5. The predicted octanol–water partition coefficient (Wildman–Crippen LogP) is 3.81. The summed E-state index contributed by atoms with van der Waals surface area (Å²) in [5.41, 5.74) is 6.15. The van der Waals surface area contributed by atoms with Gasteiger partial charge in [0.15, 0.2) is 0 Å². The summed E-state index contributed by atoms with van der Waals surface area (Å²) in [4.78, 5) is 11.7. The lowest BCUT2D eigenvalue weighted by atomic mass is 9.87. The Labute approximate surface area is 143 Å². The highest BCUT2D eigenvalue weighted by Crippen LogP contribution is 2.38. The van der Waals surface area contributed by atoms with Gasteiger partial charge in [-0.2, -0.15) is 0 Å². The van der Waals surface area contributed by atoms with E-state index in [1.54, 1.807) is 0 Å². The van der Waals surface area contributed by atoms with E-state index in [0.717, 1.165) is 38.5 Å². The molecule has 2 aliphatic rings. The fraction of sp³-hybridized carbons (Fsp3) is 0.400. The number of ether oxygens (including phenoxy) is 1. The summed E-state index contributed by atoms with van der Waals surface area (Å²) >= 11 is 0. The van der Waals surface area contributed by atoms with Gasteiger partial charge < -0.3 is 9.64 Å². The number of anilines is 1. The van der Waals surface area contributed by atoms with E-state index in [0.29, 0.717) is 5.92 Å². The standard InChI is InChI=1S/C20H23N3O/c1-14-6-7-21-13-18(14)17-12-19(23-8-10-24-11-9-23)22-20-15(2)4-3-5-16(17)20/h3,5-7,12-13,15H,4,8-11H2,1-2H3. The molecule has 4 nitrogen and oxygen atoms in total. The Balaban J connectivity index is 1.89. The quantitative estimate of drug-likeness (QED) is 0.843. The van der Waals surface area contributed by atoms with E-state index < -0.39 is 0 Å². The smallest absolute Gasteiger partial charge is 0.129 e. The number of hydrogen-bond donors (Lipinski definition) is 0. The zero-order valence-corrected chi connectivity index (χ0v) is 14.3. The van der Waals surface area contributed by atoms with Crippen molar-refractivity contribution in [3.63, 3.8) is 0 Å². The summed E-state index contributed by atoms with van der Waals surface area (Å²) in [6.45, 7) is 7.76. The first-order valence-electron chi connectivity index (χ1n) is 8.69. The molecule has 124 valence electrons. The average molecular weight is 321 g/mol. The van der Waals surface area contributed by atoms with E-state index in [1.165, 1.54) is 27.9 Å². The van der Waals surface area contributed by atoms with Crippen LogP contribution in [0.2, 0.25) is 0 Å². The summed E-state index contributed by atoms with van der Waals surface area (Å²) in [7, 11) is 0. The molecule has 0 N–H and O–H groups in total. The maximum Gasteiger partial charge on any atom is 0.129 e. The Morgan fingerprint density at radius 2 is 2.04 bits per heavy atom. The summed E-state index contributed by atoms with van der Waals surface area (Å²) in [6.07, 6.45) is 9.37. The van der Waals surface area contributed by atoms with E-state index >= 15 is 0 Å². The first kappa shape index (κ1) is 15.3. The fourth-order valence-electron chi connectivity index (χ4n) is 3.54. The van der Waals surface area contributed by atoms with Crippen LogP contribution in [0.25, 0.3) is 17.2 Å². The van der Waals surface area contributed by atoms with Gasteiger partial charge in [-0.25, -0.2) is 4.98 Å². The van der Waals surface area contributed by atoms with Crippen LogP contribution in [-0.4, -0.2) is 36.3 Å². The molecule has 24 heavy (non-hydrogen) atoms. The minimum atomic E-state index is 0.446. The van der Waals surface area contributed by atoms with Crippen LogP contribution in [-0.2, 0) is 4.74 Å². The number of nitrogens with zero attached hydrogens (tertiary/aromatic N) is 3. The lowest BCUT2D eigenvalue weighted by molar-refractivity contribution is 0.122. The topological polar surface area (TPSA) is 38.2 Å². The van der Waals surface area contributed by atoms with E-state index in [9.17, 15) is 0 Å². The molecule has 4 heteroatoms. The monoisotopic (exact) mass is 321 g/mol.